The number of allylic oxidation sites excluding steroid dienone is 2. The molecular formula is C16H15F2N3O2. The molecule has 2 N–H and O–H groups in total. The fourth-order valence-corrected chi connectivity index (χ4v) is 2.52. The fourth-order valence-electron chi connectivity index (χ4n) is 2.52. The smallest absolute Gasteiger partial charge is 0.230 e. The van der Waals surface area contributed by atoms with Crippen molar-refractivity contribution in [1.82, 2.24) is 10.2 Å². The lowest BCUT2D eigenvalue weighted by molar-refractivity contribution is -0.115. The third-order valence-electron chi connectivity index (χ3n) is 3.54. The Hall–Kier alpha value is -2.83. The molecule has 2 aliphatic rings. The van der Waals surface area contributed by atoms with Crippen molar-refractivity contribution in [2.24, 2.45) is 0 Å². The molecule has 0 saturated carbocycles. The number of nitrogens with zero attached hydrogens (tertiary/aromatic N) is 1. The van der Waals surface area contributed by atoms with Crippen molar-refractivity contribution in [2.45, 2.75) is 12.6 Å². The average Bonchev–Trinajstić information content (AvgIpc) is 2.96. The molecular weight excluding hydrogens is 304 g/mol. The molecule has 0 fully saturated rings. The Bertz CT molecular complexity index is 705. The Morgan fingerprint density at radius 3 is 2.83 bits per heavy atom. The van der Waals surface area contributed by atoms with Crippen LogP contribution in [-0.4, -0.2) is 24.1 Å². The highest BCUT2D eigenvalue weighted by atomic mass is 19.1. The Kier molecular flexibility index (Phi) is 4.01. The molecule has 0 saturated heterocycles. The van der Waals surface area contributed by atoms with Gasteiger partial charge < -0.3 is 20.3 Å². The zero-order valence-corrected chi connectivity index (χ0v) is 12.3. The molecule has 1 unspecified atom stereocenters. The SMILES string of the molecule is COc1c(F)cc(NC(=O)CC2=CC=CC3NC=CN23)cc1F. The molecule has 3 rings (SSSR count). The Morgan fingerprint density at radius 1 is 1.39 bits per heavy atom. The highest BCUT2D eigenvalue weighted by Crippen LogP contribution is 2.26. The van der Waals surface area contributed by atoms with E-state index in [4.69, 9.17) is 0 Å². The number of ether oxygens (including phenoxy) is 1. The molecule has 0 radical (unpaired) electrons. The summed E-state index contributed by atoms with van der Waals surface area (Å²) in [6.07, 6.45) is 9.34. The van der Waals surface area contributed by atoms with Crippen LogP contribution in [0, 0.1) is 11.6 Å². The first kappa shape index (κ1) is 15.1. The number of carbonyl (C=O) groups excluding carboxylic acids is 1. The third-order valence-corrected chi connectivity index (χ3v) is 3.54. The van der Waals surface area contributed by atoms with E-state index in [0.29, 0.717) is 0 Å². The molecule has 0 spiro atoms. The number of fused-ring (bicyclic) bond motifs is 1. The topological polar surface area (TPSA) is 53.6 Å². The van der Waals surface area contributed by atoms with Gasteiger partial charge in [0.2, 0.25) is 5.91 Å². The summed E-state index contributed by atoms with van der Waals surface area (Å²) in [5.74, 6) is -2.57. The monoisotopic (exact) mass is 319 g/mol. The van der Waals surface area contributed by atoms with Crippen LogP contribution < -0.4 is 15.4 Å². The van der Waals surface area contributed by atoms with Crippen molar-refractivity contribution in [2.75, 3.05) is 12.4 Å². The van der Waals surface area contributed by atoms with Crippen molar-refractivity contribution < 1.29 is 18.3 Å². The molecule has 0 aliphatic carbocycles. The van der Waals surface area contributed by atoms with Gasteiger partial charge in [0.1, 0.15) is 6.17 Å². The van der Waals surface area contributed by atoms with Crippen LogP contribution in [0.5, 0.6) is 5.75 Å². The number of halogens is 2. The number of carbonyl (C=O) groups is 1. The van der Waals surface area contributed by atoms with E-state index in [1.54, 1.807) is 6.20 Å². The predicted octanol–water partition coefficient (Wildman–Crippen LogP) is 2.46. The normalized spacial score (nSPS) is 18.3. The first-order valence-corrected chi connectivity index (χ1v) is 7.00. The van der Waals surface area contributed by atoms with Crippen LogP contribution in [0.1, 0.15) is 6.42 Å². The minimum atomic E-state index is -0.866. The highest BCUT2D eigenvalue weighted by Gasteiger charge is 2.23. The van der Waals surface area contributed by atoms with Crippen molar-refractivity contribution in [3.05, 3.63) is 60.1 Å². The van der Waals surface area contributed by atoms with Crippen LogP contribution in [0.4, 0.5) is 14.5 Å². The Morgan fingerprint density at radius 2 is 2.13 bits per heavy atom. The van der Waals surface area contributed by atoms with E-state index in [1.165, 1.54) is 7.11 Å². The van der Waals surface area contributed by atoms with Gasteiger partial charge in [-0.05, 0) is 12.2 Å². The van der Waals surface area contributed by atoms with E-state index >= 15 is 0 Å². The second kappa shape index (κ2) is 6.12. The summed E-state index contributed by atoms with van der Waals surface area (Å²) >= 11 is 0. The largest absolute Gasteiger partial charge is 0.491 e. The average molecular weight is 319 g/mol. The molecule has 23 heavy (non-hydrogen) atoms. The molecule has 2 aliphatic heterocycles. The van der Waals surface area contributed by atoms with Crippen LogP contribution in [0.2, 0.25) is 0 Å². The van der Waals surface area contributed by atoms with Crippen LogP contribution in [-0.2, 0) is 4.79 Å². The zero-order chi connectivity index (χ0) is 16.4. The summed E-state index contributed by atoms with van der Waals surface area (Å²) in [7, 11) is 1.18. The van der Waals surface area contributed by atoms with Crippen molar-refractivity contribution in [3.63, 3.8) is 0 Å². The molecule has 1 amide bonds. The number of hydrogen-bond donors (Lipinski definition) is 2. The number of benzene rings is 1. The van der Waals surface area contributed by atoms with Gasteiger partial charge in [0.05, 0.1) is 13.5 Å². The van der Waals surface area contributed by atoms with Crippen molar-refractivity contribution >= 4 is 11.6 Å². The summed E-state index contributed by atoms with van der Waals surface area (Å²) in [6, 6.07) is 2.05. The number of nitrogens with one attached hydrogen (secondary N) is 2. The lowest BCUT2D eigenvalue weighted by Gasteiger charge is -2.28. The lowest BCUT2D eigenvalue weighted by Crippen LogP contribution is -2.35. The van der Waals surface area contributed by atoms with Gasteiger partial charge in [-0.3, -0.25) is 4.79 Å². The maximum Gasteiger partial charge on any atom is 0.230 e. The molecule has 1 aromatic rings. The Labute approximate surface area is 131 Å². The number of amides is 1. The summed E-state index contributed by atoms with van der Waals surface area (Å²) in [5, 5.41) is 5.60. The molecule has 1 atom stereocenters. The molecule has 0 bridgehead atoms. The van der Waals surface area contributed by atoms with Gasteiger partial charge in [0, 0.05) is 35.9 Å². The van der Waals surface area contributed by atoms with E-state index in [9.17, 15) is 13.6 Å². The van der Waals surface area contributed by atoms with Crippen LogP contribution in [0.25, 0.3) is 0 Å². The van der Waals surface area contributed by atoms with Gasteiger partial charge in [0.15, 0.2) is 17.4 Å². The van der Waals surface area contributed by atoms with E-state index in [1.807, 2.05) is 29.3 Å². The van der Waals surface area contributed by atoms with Gasteiger partial charge in [-0.2, -0.15) is 0 Å². The summed E-state index contributed by atoms with van der Waals surface area (Å²) in [4.78, 5) is 14.0. The summed E-state index contributed by atoms with van der Waals surface area (Å²) in [6.45, 7) is 0. The number of anilines is 1. The molecule has 5 nitrogen and oxygen atoms in total. The molecule has 120 valence electrons. The molecule has 2 heterocycles. The second-order valence-corrected chi connectivity index (χ2v) is 5.08. The second-order valence-electron chi connectivity index (χ2n) is 5.08. The first-order chi connectivity index (χ1) is 11.1. The summed E-state index contributed by atoms with van der Waals surface area (Å²) in [5.41, 5.74) is 0.829. The summed E-state index contributed by atoms with van der Waals surface area (Å²) < 4.78 is 31.9. The zero-order valence-electron chi connectivity index (χ0n) is 12.3. The van der Waals surface area contributed by atoms with Crippen LogP contribution in [0.3, 0.4) is 0 Å². The van der Waals surface area contributed by atoms with Crippen LogP contribution in [0.15, 0.2) is 48.5 Å². The minimum absolute atomic E-state index is 0.00123. The molecule has 7 heteroatoms. The predicted molar refractivity (Wildman–Crippen MR) is 81.3 cm³/mol. The van der Waals surface area contributed by atoms with Gasteiger partial charge in [0.25, 0.3) is 0 Å². The van der Waals surface area contributed by atoms with Gasteiger partial charge >= 0.3 is 0 Å². The number of hydrogen-bond acceptors (Lipinski definition) is 4. The van der Waals surface area contributed by atoms with E-state index in [2.05, 4.69) is 15.4 Å². The van der Waals surface area contributed by atoms with Crippen LogP contribution >= 0.6 is 0 Å². The van der Waals surface area contributed by atoms with E-state index in [0.717, 1.165) is 17.8 Å². The lowest BCUT2D eigenvalue weighted by atomic mass is 10.1. The first-order valence-electron chi connectivity index (χ1n) is 7.00. The fraction of sp³-hybridized carbons (Fsp3) is 0.188. The van der Waals surface area contributed by atoms with Crippen molar-refractivity contribution in [3.8, 4) is 5.75 Å². The molecule has 1 aromatic carbocycles. The molecule has 0 aromatic heterocycles. The van der Waals surface area contributed by atoms with Gasteiger partial charge in [-0.15, -0.1) is 0 Å². The van der Waals surface area contributed by atoms with E-state index in [-0.39, 0.29) is 24.2 Å². The number of methoxy groups -OCH3 is 1. The van der Waals surface area contributed by atoms with Gasteiger partial charge in [-0.1, -0.05) is 6.08 Å². The maximum atomic E-state index is 13.6. The number of rotatable bonds is 4. The van der Waals surface area contributed by atoms with Crippen molar-refractivity contribution in [1.29, 1.82) is 0 Å². The van der Waals surface area contributed by atoms with E-state index < -0.39 is 17.4 Å². The Balaban J connectivity index is 1.69. The minimum Gasteiger partial charge on any atom is -0.491 e. The third kappa shape index (κ3) is 3.03. The van der Waals surface area contributed by atoms with Gasteiger partial charge in [-0.25, -0.2) is 8.78 Å². The quantitative estimate of drug-likeness (QED) is 0.895. The highest BCUT2D eigenvalue weighted by molar-refractivity contribution is 5.92. The maximum absolute atomic E-state index is 13.6. The standard InChI is InChI=1S/C16H15F2N3O2/c1-23-16-12(17)7-10(8-13(16)18)20-15(22)9-11-3-2-4-14-19-5-6-21(11)14/h2-8,14,19H,9H2,1H3,(H,20,22).